The molecule has 18 heavy (non-hydrogen) atoms. The highest BCUT2D eigenvalue weighted by Crippen LogP contribution is 2.32. The van der Waals surface area contributed by atoms with Crippen LogP contribution in [0.4, 0.5) is 11.4 Å². The summed E-state index contributed by atoms with van der Waals surface area (Å²) in [6.07, 6.45) is 0. The molecule has 1 aromatic carbocycles. The van der Waals surface area contributed by atoms with Gasteiger partial charge in [0.15, 0.2) is 0 Å². The van der Waals surface area contributed by atoms with Crippen LogP contribution >= 0.6 is 11.8 Å². The average Bonchev–Trinajstić information content (AvgIpc) is 2.33. The second-order valence-corrected chi connectivity index (χ2v) is 6.08. The van der Waals surface area contributed by atoms with Crippen molar-refractivity contribution >= 4 is 29.1 Å². The third-order valence-corrected chi connectivity index (χ3v) is 4.78. The molecule has 1 aliphatic rings. The van der Waals surface area contributed by atoms with Gasteiger partial charge in [-0.3, -0.25) is 0 Å². The summed E-state index contributed by atoms with van der Waals surface area (Å²) >= 11 is 1.93. The molecule has 2 atom stereocenters. The highest BCUT2D eigenvalue weighted by molar-refractivity contribution is 8.00. The lowest BCUT2D eigenvalue weighted by Crippen LogP contribution is -2.45. The van der Waals surface area contributed by atoms with Crippen LogP contribution in [0.25, 0.3) is 0 Å². The van der Waals surface area contributed by atoms with Gasteiger partial charge in [-0.15, -0.1) is 0 Å². The molecule has 0 aromatic heterocycles. The lowest BCUT2D eigenvalue weighted by Gasteiger charge is -2.39. The van der Waals surface area contributed by atoms with Crippen molar-refractivity contribution in [3.05, 3.63) is 23.8 Å². The van der Waals surface area contributed by atoms with Crippen LogP contribution in [0, 0.1) is 0 Å². The molecular weight excluding hydrogens is 248 g/mol. The van der Waals surface area contributed by atoms with Crippen LogP contribution in [0.15, 0.2) is 18.2 Å². The van der Waals surface area contributed by atoms with Gasteiger partial charge in [-0.05, 0) is 25.1 Å². The normalized spacial score (nSPS) is 24.0. The summed E-state index contributed by atoms with van der Waals surface area (Å²) in [7, 11) is 0. The smallest absolute Gasteiger partial charge is 0.337 e. The number of carboxylic acids is 1. The van der Waals surface area contributed by atoms with Crippen LogP contribution in [0.2, 0.25) is 0 Å². The molecule has 1 saturated heterocycles. The van der Waals surface area contributed by atoms with E-state index in [-0.39, 0.29) is 0 Å². The zero-order valence-electron chi connectivity index (χ0n) is 10.6. The van der Waals surface area contributed by atoms with Gasteiger partial charge in [-0.25, -0.2) is 4.79 Å². The Labute approximate surface area is 111 Å². The van der Waals surface area contributed by atoms with Crippen LogP contribution in [-0.2, 0) is 0 Å². The van der Waals surface area contributed by atoms with Gasteiger partial charge >= 0.3 is 5.97 Å². The molecule has 1 heterocycles. The molecule has 0 saturated carbocycles. The predicted molar refractivity (Wildman–Crippen MR) is 76.5 cm³/mol. The standard InChI is InChI=1S/C13H18N2O2S/c1-8-9(2)18-6-5-15(8)12-4-3-10(14)7-11(12)13(16)17/h3-4,7-9H,5-6,14H2,1-2H3,(H,16,17). The fourth-order valence-corrected chi connectivity index (χ4v) is 3.35. The number of nitrogens with zero attached hydrogens (tertiary/aromatic N) is 1. The molecule has 0 aliphatic carbocycles. The first kappa shape index (κ1) is 13.1. The summed E-state index contributed by atoms with van der Waals surface area (Å²) in [6.45, 7) is 5.19. The molecule has 98 valence electrons. The molecule has 0 spiro atoms. The van der Waals surface area contributed by atoms with E-state index in [4.69, 9.17) is 5.73 Å². The van der Waals surface area contributed by atoms with Gasteiger partial charge in [-0.2, -0.15) is 11.8 Å². The van der Waals surface area contributed by atoms with Crippen LogP contribution in [-0.4, -0.2) is 34.7 Å². The number of anilines is 2. The molecule has 5 heteroatoms. The first-order valence-corrected chi connectivity index (χ1v) is 7.06. The molecule has 1 aromatic rings. The second-order valence-electron chi connectivity index (χ2n) is 4.59. The summed E-state index contributed by atoms with van der Waals surface area (Å²) in [5.41, 5.74) is 7.23. The molecule has 2 rings (SSSR count). The molecule has 4 nitrogen and oxygen atoms in total. The molecule has 1 aliphatic heterocycles. The van der Waals surface area contributed by atoms with Crippen LogP contribution in [0.1, 0.15) is 24.2 Å². The lowest BCUT2D eigenvalue weighted by molar-refractivity contribution is 0.0697. The Balaban J connectivity index is 2.40. The molecule has 2 unspecified atom stereocenters. The number of hydrogen-bond acceptors (Lipinski definition) is 4. The van der Waals surface area contributed by atoms with Gasteiger partial charge in [0.2, 0.25) is 0 Å². The average molecular weight is 266 g/mol. The fourth-order valence-electron chi connectivity index (χ4n) is 2.25. The predicted octanol–water partition coefficient (Wildman–Crippen LogP) is 2.30. The zero-order chi connectivity index (χ0) is 13.3. The molecule has 1 fully saturated rings. The lowest BCUT2D eigenvalue weighted by atomic mass is 10.1. The van der Waals surface area contributed by atoms with E-state index in [0.29, 0.717) is 22.5 Å². The van der Waals surface area contributed by atoms with Crippen LogP contribution < -0.4 is 10.6 Å². The summed E-state index contributed by atoms with van der Waals surface area (Å²) in [5.74, 6) is 0.102. The third kappa shape index (κ3) is 2.41. The minimum atomic E-state index is -0.921. The number of benzene rings is 1. The number of thioether (sulfide) groups is 1. The number of hydrogen-bond donors (Lipinski definition) is 2. The van der Waals surface area contributed by atoms with E-state index >= 15 is 0 Å². The molecule has 0 amide bonds. The van der Waals surface area contributed by atoms with Crippen LogP contribution in [0.5, 0.6) is 0 Å². The maximum atomic E-state index is 11.3. The summed E-state index contributed by atoms with van der Waals surface area (Å²) < 4.78 is 0. The highest BCUT2D eigenvalue weighted by Gasteiger charge is 2.28. The number of carbonyl (C=O) groups is 1. The quantitative estimate of drug-likeness (QED) is 0.804. The summed E-state index contributed by atoms with van der Waals surface area (Å²) in [4.78, 5) is 13.5. The van der Waals surface area contributed by atoms with Crippen molar-refractivity contribution in [3.8, 4) is 0 Å². The largest absolute Gasteiger partial charge is 0.478 e. The number of nitrogens with two attached hydrogens (primary N) is 1. The van der Waals surface area contributed by atoms with Gasteiger partial charge in [0.1, 0.15) is 0 Å². The van der Waals surface area contributed by atoms with E-state index < -0.39 is 5.97 Å². The number of carboxylic acid groups (broad SMARTS) is 1. The molecule has 3 N–H and O–H groups in total. The maximum Gasteiger partial charge on any atom is 0.337 e. The third-order valence-electron chi connectivity index (χ3n) is 3.44. The molecule has 0 radical (unpaired) electrons. The van der Waals surface area contributed by atoms with E-state index in [0.717, 1.165) is 18.0 Å². The van der Waals surface area contributed by atoms with Crippen molar-refractivity contribution in [3.63, 3.8) is 0 Å². The van der Waals surface area contributed by atoms with Crippen molar-refractivity contribution in [1.29, 1.82) is 0 Å². The fraction of sp³-hybridized carbons (Fsp3) is 0.462. The van der Waals surface area contributed by atoms with E-state index in [1.807, 2.05) is 17.8 Å². The SMILES string of the molecule is CC1SCCN(c2ccc(N)cc2C(=O)O)C1C. The van der Waals surface area contributed by atoms with Crippen molar-refractivity contribution in [2.24, 2.45) is 0 Å². The van der Waals surface area contributed by atoms with E-state index in [2.05, 4.69) is 18.7 Å². The Morgan fingerprint density at radius 2 is 2.22 bits per heavy atom. The Hall–Kier alpha value is -1.36. The zero-order valence-corrected chi connectivity index (χ0v) is 11.4. The second kappa shape index (κ2) is 5.10. The number of nitrogen functional groups attached to an aromatic ring is 1. The van der Waals surface area contributed by atoms with Gasteiger partial charge in [-0.1, -0.05) is 6.92 Å². The highest BCUT2D eigenvalue weighted by atomic mass is 32.2. The van der Waals surface area contributed by atoms with E-state index in [1.54, 1.807) is 6.07 Å². The first-order chi connectivity index (χ1) is 8.50. The maximum absolute atomic E-state index is 11.3. The molecular formula is C13H18N2O2S. The monoisotopic (exact) mass is 266 g/mol. The van der Waals surface area contributed by atoms with Crippen molar-refractivity contribution in [1.82, 2.24) is 0 Å². The van der Waals surface area contributed by atoms with Gasteiger partial charge < -0.3 is 15.7 Å². The van der Waals surface area contributed by atoms with Gasteiger partial charge in [0.05, 0.1) is 11.3 Å². The van der Waals surface area contributed by atoms with Crippen molar-refractivity contribution in [2.75, 3.05) is 22.9 Å². The Bertz CT molecular complexity index is 464. The van der Waals surface area contributed by atoms with E-state index in [9.17, 15) is 9.90 Å². The summed E-state index contributed by atoms with van der Waals surface area (Å²) in [5, 5.41) is 9.78. The number of rotatable bonds is 2. The Morgan fingerprint density at radius 3 is 2.89 bits per heavy atom. The minimum Gasteiger partial charge on any atom is -0.478 e. The van der Waals surface area contributed by atoms with Crippen LogP contribution in [0.3, 0.4) is 0 Å². The van der Waals surface area contributed by atoms with Crippen molar-refractivity contribution < 1.29 is 9.90 Å². The Morgan fingerprint density at radius 1 is 1.50 bits per heavy atom. The topological polar surface area (TPSA) is 66.6 Å². The van der Waals surface area contributed by atoms with E-state index in [1.165, 1.54) is 6.07 Å². The number of aromatic carboxylic acids is 1. The first-order valence-electron chi connectivity index (χ1n) is 6.01. The minimum absolute atomic E-state index is 0.293. The van der Waals surface area contributed by atoms with Gasteiger partial charge in [0, 0.05) is 29.3 Å². The Kier molecular flexibility index (Phi) is 3.71. The van der Waals surface area contributed by atoms with Crippen molar-refractivity contribution in [2.45, 2.75) is 25.1 Å². The van der Waals surface area contributed by atoms with Gasteiger partial charge in [0.25, 0.3) is 0 Å². The summed E-state index contributed by atoms with van der Waals surface area (Å²) in [6, 6.07) is 5.45. The molecule has 0 bridgehead atoms.